The second kappa shape index (κ2) is 4.31. The van der Waals surface area contributed by atoms with Crippen molar-refractivity contribution in [3.63, 3.8) is 0 Å². The molecule has 4 nitrogen and oxygen atoms in total. The molecule has 1 N–H and O–H groups in total. The van der Waals surface area contributed by atoms with Gasteiger partial charge in [0.2, 0.25) is 0 Å². The van der Waals surface area contributed by atoms with Gasteiger partial charge in [-0.2, -0.15) is 5.26 Å². The SMILES string of the molecule is N#Cc1c(C(=O)O)cnc(Br)c1C(F)F. The van der Waals surface area contributed by atoms with Crippen molar-refractivity contribution in [3.8, 4) is 6.07 Å². The van der Waals surface area contributed by atoms with Crippen molar-refractivity contribution in [2.24, 2.45) is 0 Å². The summed E-state index contributed by atoms with van der Waals surface area (Å²) in [5.74, 6) is -1.46. The minimum absolute atomic E-state index is 0.223. The number of aromatic carboxylic acids is 1. The van der Waals surface area contributed by atoms with Gasteiger partial charge in [0, 0.05) is 6.20 Å². The molecular weight excluding hydrogens is 274 g/mol. The molecule has 0 spiro atoms. The third-order valence-corrected chi connectivity index (χ3v) is 2.26. The van der Waals surface area contributed by atoms with Gasteiger partial charge in [-0.15, -0.1) is 0 Å². The van der Waals surface area contributed by atoms with Crippen LogP contribution in [0.15, 0.2) is 10.8 Å². The highest BCUT2D eigenvalue weighted by atomic mass is 79.9. The van der Waals surface area contributed by atoms with E-state index in [1.165, 1.54) is 6.07 Å². The minimum Gasteiger partial charge on any atom is -0.478 e. The maximum atomic E-state index is 12.5. The van der Waals surface area contributed by atoms with Crippen LogP contribution in [-0.2, 0) is 0 Å². The summed E-state index contributed by atoms with van der Waals surface area (Å²) >= 11 is 2.74. The van der Waals surface area contributed by atoms with Gasteiger partial charge in [-0.3, -0.25) is 0 Å². The summed E-state index contributed by atoms with van der Waals surface area (Å²) in [6, 6.07) is 1.44. The van der Waals surface area contributed by atoms with E-state index in [-0.39, 0.29) is 4.60 Å². The van der Waals surface area contributed by atoms with E-state index in [0.717, 1.165) is 6.20 Å². The van der Waals surface area contributed by atoms with Crippen LogP contribution in [-0.4, -0.2) is 16.1 Å². The first-order valence-corrected chi connectivity index (χ1v) is 4.38. The molecule has 15 heavy (non-hydrogen) atoms. The molecule has 0 aromatic carbocycles. The van der Waals surface area contributed by atoms with Crippen LogP contribution in [0.1, 0.15) is 27.9 Å². The first-order chi connectivity index (χ1) is 6.99. The third kappa shape index (κ3) is 2.10. The Balaban J connectivity index is 3.56. The number of halogens is 3. The van der Waals surface area contributed by atoms with Crippen molar-refractivity contribution in [3.05, 3.63) is 27.5 Å². The van der Waals surface area contributed by atoms with Crippen LogP contribution in [0.2, 0.25) is 0 Å². The van der Waals surface area contributed by atoms with Crippen LogP contribution in [0.25, 0.3) is 0 Å². The molecule has 0 aliphatic rings. The Kier molecular flexibility index (Phi) is 3.31. The minimum atomic E-state index is -2.96. The topological polar surface area (TPSA) is 74.0 Å². The molecule has 0 atom stereocenters. The number of nitriles is 1. The number of aromatic nitrogens is 1. The number of pyridine rings is 1. The molecule has 1 aromatic rings. The van der Waals surface area contributed by atoms with Crippen molar-refractivity contribution in [2.75, 3.05) is 0 Å². The van der Waals surface area contributed by atoms with Gasteiger partial charge in [-0.05, 0) is 15.9 Å². The molecule has 1 aromatic heterocycles. The molecule has 78 valence electrons. The largest absolute Gasteiger partial charge is 0.478 e. The Bertz CT molecular complexity index is 457. The maximum absolute atomic E-state index is 12.5. The monoisotopic (exact) mass is 276 g/mol. The fraction of sp³-hybridized carbons (Fsp3) is 0.125. The summed E-state index contributed by atoms with van der Waals surface area (Å²) in [4.78, 5) is 14.1. The smallest absolute Gasteiger partial charge is 0.338 e. The average molecular weight is 277 g/mol. The molecule has 1 rings (SSSR count). The van der Waals surface area contributed by atoms with Gasteiger partial charge in [-0.25, -0.2) is 18.6 Å². The van der Waals surface area contributed by atoms with Crippen LogP contribution in [0, 0.1) is 11.3 Å². The first-order valence-electron chi connectivity index (χ1n) is 3.59. The molecule has 0 saturated heterocycles. The summed E-state index contributed by atoms with van der Waals surface area (Å²) < 4.78 is 24.8. The standard InChI is InChI=1S/C8H3BrF2N2O2/c9-6-5(7(10)11)3(1-12)4(2-13-6)8(14)15/h2,7H,(H,14,15). The molecule has 0 bridgehead atoms. The second-order valence-electron chi connectivity index (χ2n) is 2.47. The molecule has 7 heteroatoms. The fourth-order valence-corrected chi connectivity index (χ4v) is 1.46. The van der Waals surface area contributed by atoms with Crippen molar-refractivity contribution in [1.82, 2.24) is 4.98 Å². The molecule has 0 saturated carbocycles. The zero-order valence-electron chi connectivity index (χ0n) is 7.04. The molecule has 1 heterocycles. The number of carbonyl (C=O) groups is 1. The van der Waals surface area contributed by atoms with E-state index in [9.17, 15) is 13.6 Å². The summed E-state index contributed by atoms with van der Waals surface area (Å²) in [7, 11) is 0. The number of hydrogen-bond acceptors (Lipinski definition) is 3. The Morgan fingerprint density at radius 2 is 2.27 bits per heavy atom. The Morgan fingerprint density at radius 1 is 1.67 bits per heavy atom. The number of hydrogen-bond donors (Lipinski definition) is 1. The maximum Gasteiger partial charge on any atom is 0.338 e. The van der Waals surface area contributed by atoms with Crippen LogP contribution < -0.4 is 0 Å². The van der Waals surface area contributed by atoms with E-state index in [2.05, 4.69) is 20.9 Å². The Morgan fingerprint density at radius 3 is 2.67 bits per heavy atom. The van der Waals surface area contributed by atoms with E-state index in [1.807, 2.05) is 0 Å². The number of rotatable bonds is 2. The molecule has 0 unspecified atom stereocenters. The molecule has 0 aliphatic heterocycles. The van der Waals surface area contributed by atoms with Crippen LogP contribution in [0.5, 0.6) is 0 Å². The summed E-state index contributed by atoms with van der Waals surface area (Å²) in [6.45, 7) is 0. The Hall–Kier alpha value is -1.55. The van der Waals surface area contributed by atoms with Gasteiger partial charge in [-0.1, -0.05) is 0 Å². The first kappa shape index (κ1) is 11.5. The average Bonchev–Trinajstić information content (AvgIpc) is 2.15. The van der Waals surface area contributed by atoms with Crippen LogP contribution in [0.4, 0.5) is 8.78 Å². The number of carboxylic acids is 1. The van der Waals surface area contributed by atoms with Gasteiger partial charge in [0.15, 0.2) is 0 Å². The molecule has 0 fully saturated rings. The summed E-state index contributed by atoms with van der Waals surface area (Å²) in [5.41, 5.74) is -1.80. The van der Waals surface area contributed by atoms with Gasteiger partial charge >= 0.3 is 5.97 Å². The zero-order valence-corrected chi connectivity index (χ0v) is 8.62. The van der Waals surface area contributed by atoms with E-state index in [1.54, 1.807) is 0 Å². The molecular formula is C8H3BrF2N2O2. The Labute approximate surface area is 91.3 Å². The lowest BCUT2D eigenvalue weighted by molar-refractivity contribution is 0.0695. The zero-order chi connectivity index (χ0) is 11.6. The van der Waals surface area contributed by atoms with E-state index >= 15 is 0 Å². The van der Waals surface area contributed by atoms with Crippen LogP contribution >= 0.6 is 15.9 Å². The normalized spacial score (nSPS) is 10.1. The number of carboxylic acid groups (broad SMARTS) is 1. The second-order valence-corrected chi connectivity index (χ2v) is 3.22. The van der Waals surface area contributed by atoms with Crippen molar-refractivity contribution < 1.29 is 18.7 Å². The highest BCUT2D eigenvalue weighted by Gasteiger charge is 2.23. The van der Waals surface area contributed by atoms with E-state index < -0.39 is 29.1 Å². The van der Waals surface area contributed by atoms with E-state index in [4.69, 9.17) is 10.4 Å². The predicted molar refractivity (Wildman–Crippen MR) is 48.6 cm³/mol. The highest BCUT2D eigenvalue weighted by Crippen LogP contribution is 2.30. The molecule has 0 amide bonds. The number of nitrogens with zero attached hydrogens (tertiary/aromatic N) is 2. The summed E-state index contributed by atoms with van der Waals surface area (Å²) in [6.07, 6.45) is -2.10. The quantitative estimate of drug-likeness (QED) is 0.842. The lowest BCUT2D eigenvalue weighted by Crippen LogP contribution is -2.06. The predicted octanol–water partition coefficient (Wildman–Crippen LogP) is 2.35. The lowest BCUT2D eigenvalue weighted by Gasteiger charge is -2.06. The van der Waals surface area contributed by atoms with Crippen molar-refractivity contribution in [1.29, 1.82) is 5.26 Å². The van der Waals surface area contributed by atoms with Gasteiger partial charge in [0.1, 0.15) is 10.7 Å². The highest BCUT2D eigenvalue weighted by molar-refractivity contribution is 9.10. The third-order valence-electron chi connectivity index (χ3n) is 1.63. The lowest BCUT2D eigenvalue weighted by atomic mass is 10.1. The van der Waals surface area contributed by atoms with Crippen LogP contribution in [0.3, 0.4) is 0 Å². The van der Waals surface area contributed by atoms with Gasteiger partial charge in [0.25, 0.3) is 6.43 Å². The van der Waals surface area contributed by atoms with Gasteiger partial charge < -0.3 is 5.11 Å². The summed E-state index contributed by atoms with van der Waals surface area (Å²) in [5, 5.41) is 17.3. The molecule has 0 radical (unpaired) electrons. The number of alkyl halides is 2. The van der Waals surface area contributed by atoms with E-state index in [0.29, 0.717) is 0 Å². The van der Waals surface area contributed by atoms with Crippen molar-refractivity contribution >= 4 is 21.9 Å². The van der Waals surface area contributed by atoms with Gasteiger partial charge in [0.05, 0.1) is 16.7 Å². The fourth-order valence-electron chi connectivity index (χ4n) is 0.985. The van der Waals surface area contributed by atoms with Crippen molar-refractivity contribution in [2.45, 2.75) is 6.43 Å². The molecule has 0 aliphatic carbocycles.